The Labute approximate surface area is 152 Å². The largest absolute Gasteiger partial charge is 0.496 e. The second-order valence-electron chi connectivity index (χ2n) is 6.09. The number of fused-ring (bicyclic) bond motifs is 1. The summed E-state index contributed by atoms with van der Waals surface area (Å²) < 4.78 is 5.25. The monoisotopic (exact) mass is 359 g/mol. The van der Waals surface area contributed by atoms with Crippen LogP contribution in [0.3, 0.4) is 0 Å². The van der Waals surface area contributed by atoms with E-state index in [1.807, 2.05) is 6.07 Å². The van der Waals surface area contributed by atoms with Crippen LogP contribution in [-0.4, -0.2) is 24.7 Å². The Bertz CT molecular complexity index is 792. The van der Waals surface area contributed by atoms with Crippen LogP contribution in [0.5, 0.6) is 5.75 Å². The lowest BCUT2D eigenvalue weighted by Crippen LogP contribution is -2.23. The fraction of sp³-hybridized carbons (Fsp3) is 0.316. The number of aliphatic hydroxyl groups is 1. The first-order chi connectivity index (χ1) is 12.1. The summed E-state index contributed by atoms with van der Waals surface area (Å²) in [5.74, 6) is 0.829. The van der Waals surface area contributed by atoms with Crippen molar-refractivity contribution in [3.05, 3.63) is 58.1 Å². The molecule has 0 radical (unpaired) electrons. The number of nitrogens with zero attached hydrogens (tertiary/aromatic N) is 1. The van der Waals surface area contributed by atoms with Gasteiger partial charge in [0.05, 0.1) is 13.7 Å². The Hall–Kier alpha value is -2.24. The van der Waals surface area contributed by atoms with Crippen molar-refractivity contribution < 1.29 is 9.84 Å². The van der Waals surface area contributed by atoms with Gasteiger partial charge in [-0.1, -0.05) is 17.7 Å². The zero-order valence-corrected chi connectivity index (χ0v) is 14.9. The van der Waals surface area contributed by atoms with Gasteiger partial charge in [-0.25, -0.2) is 0 Å². The maximum Gasteiger partial charge on any atom is 0.193 e. The van der Waals surface area contributed by atoms with Crippen molar-refractivity contribution in [3.8, 4) is 5.75 Å². The number of halogens is 1. The third-order valence-corrected chi connectivity index (χ3v) is 4.59. The van der Waals surface area contributed by atoms with E-state index in [9.17, 15) is 5.11 Å². The average molecular weight is 360 g/mol. The van der Waals surface area contributed by atoms with Gasteiger partial charge in [0.1, 0.15) is 11.9 Å². The first kappa shape index (κ1) is 17.6. The second kappa shape index (κ2) is 7.76. The van der Waals surface area contributed by atoms with E-state index in [0.29, 0.717) is 16.3 Å². The summed E-state index contributed by atoms with van der Waals surface area (Å²) in [6.45, 7) is 0.112. The van der Waals surface area contributed by atoms with E-state index in [-0.39, 0.29) is 12.5 Å². The molecule has 0 aliphatic heterocycles. The van der Waals surface area contributed by atoms with Crippen molar-refractivity contribution in [1.82, 2.24) is 0 Å². The number of rotatable bonds is 5. The molecular weight excluding hydrogens is 338 g/mol. The Balaban J connectivity index is 1.66. The van der Waals surface area contributed by atoms with Crippen molar-refractivity contribution >= 4 is 23.2 Å². The molecule has 0 saturated heterocycles. The number of methoxy groups -OCH3 is 1. The lowest BCUT2D eigenvalue weighted by atomic mass is 10.1. The third kappa shape index (κ3) is 4.24. The maximum atomic E-state index is 10.4. The highest BCUT2D eigenvalue weighted by Gasteiger charge is 2.14. The standard InChI is InChI=1S/C19H22ClN3O2/c1-25-18-8-6-14(20)10-16(18)17(24)11-22-19(21)23-15-7-5-12-3-2-4-13(12)9-15/h5-10,17,24H,2-4,11H2,1H3,(H3,21,22,23). The molecule has 0 spiro atoms. The predicted molar refractivity (Wildman–Crippen MR) is 102 cm³/mol. The van der Waals surface area contributed by atoms with Crippen LogP contribution in [0.1, 0.15) is 29.2 Å². The van der Waals surface area contributed by atoms with Crippen molar-refractivity contribution in [1.29, 1.82) is 0 Å². The number of ether oxygens (including phenoxy) is 1. The summed E-state index contributed by atoms with van der Waals surface area (Å²) in [5, 5.41) is 14.0. The first-order valence-corrected chi connectivity index (χ1v) is 8.65. The summed E-state index contributed by atoms with van der Waals surface area (Å²) >= 11 is 5.99. The molecule has 0 aromatic heterocycles. The number of aliphatic hydroxyl groups excluding tert-OH is 1. The van der Waals surface area contributed by atoms with Crippen LogP contribution in [0.15, 0.2) is 41.4 Å². The molecular formula is C19H22ClN3O2. The number of nitrogens with two attached hydrogens (primary N) is 1. The summed E-state index contributed by atoms with van der Waals surface area (Å²) in [4.78, 5) is 4.23. The molecule has 0 amide bonds. The average Bonchev–Trinajstić information content (AvgIpc) is 3.07. The second-order valence-corrected chi connectivity index (χ2v) is 6.53. The van der Waals surface area contributed by atoms with Crippen LogP contribution in [0, 0.1) is 0 Å². The van der Waals surface area contributed by atoms with Gasteiger partial charge >= 0.3 is 0 Å². The molecule has 3 rings (SSSR count). The molecule has 1 aliphatic rings. The number of hydrogen-bond donors (Lipinski definition) is 3. The smallest absolute Gasteiger partial charge is 0.193 e. The third-order valence-electron chi connectivity index (χ3n) is 4.36. The van der Waals surface area contributed by atoms with Crippen LogP contribution in [0.2, 0.25) is 5.02 Å². The highest BCUT2D eigenvalue weighted by molar-refractivity contribution is 6.30. The van der Waals surface area contributed by atoms with Gasteiger partial charge in [-0.05, 0) is 60.7 Å². The fourth-order valence-corrected chi connectivity index (χ4v) is 3.27. The van der Waals surface area contributed by atoms with E-state index in [0.717, 1.165) is 18.5 Å². The highest BCUT2D eigenvalue weighted by Crippen LogP contribution is 2.28. The van der Waals surface area contributed by atoms with Crippen molar-refractivity contribution in [2.75, 3.05) is 19.0 Å². The molecule has 1 atom stereocenters. The number of anilines is 1. The molecule has 5 nitrogen and oxygen atoms in total. The minimum Gasteiger partial charge on any atom is -0.496 e. The van der Waals surface area contributed by atoms with E-state index in [1.54, 1.807) is 25.3 Å². The number of nitrogens with one attached hydrogen (secondary N) is 1. The minimum atomic E-state index is -0.853. The van der Waals surface area contributed by atoms with Gasteiger partial charge in [0, 0.05) is 16.3 Å². The number of aryl methyl sites for hydroxylation is 2. The molecule has 0 saturated carbocycles. The van der Waals surface area contributed by atoms with Gasteiger partial charge < -0.3 is 20.9 Å². The first-order valence-electron chi connectivity index (χ1n) is 8.27. The number of guanidine groups is 1. The van der Waals surface area contributed by atoms with Gasteiger partial charge in [-0.3, -0.25) is 4.99 Å². The molecule has 1 unspecified atom stereocenters. The molecule has 0 fully saturated rings. The molecule has 0 heterocycles. The van der Waals surface area contributed by atoms with Gasteiger partial charge in [0.15, 0.2) is 5.96 Å². The lowest BCUT2D eigenvalue weighted by Gasteiger charge is -2.14. The molecule has 132 valence electrons. The summed E-state index contributed by atoms with van der Waals surface area (Å²) in [6.07, 6.45) is 2.60. The summed E-state index contributed by atoms with van der Waals surface area (Å²) in [6, 6.07) is 11.3. The van der Waals surface area contributed by atoms with E-state index in [4.69, 9.17) is 22.1 Å². The summed E-state index contributed by atoms with van der Waals surface area (Å²) in [7, 11) is 1.55. The SMILES string of the molecule is COc1ccc(Cl)cc1C(O)CN=C(N)Nc1ccc2c(c1)CCC2. The molecule has 1 aliphatic carbocycles. The quantitative estimate of drug-likeness (QED) is 0.565. The normalized spacial score (nSPS) is 14.9. The van der Waals surface area contributed by atoms with E-state index in [2.05, 4.69) is 22.4 Å². The molecule has 6 heteroatoms. The molecule has 25 heavy (non-hydrogen) atoms. The number of hydrogen-bond acceptors (Lipinski definition) is 3. The van der Waals surface area contributed by atoms with E-state index in [1.165, 1.54) is 17.5 Å². The lowest BCUT2D eigenvalue weighted by molar-refractivity contribution is 0.182. The zero-order valence-electron chi connectivity index (χ0n) is 14.1. The van der Waals surface area contributed by atoms with Crippen LogP contribution in [0.25, 0.3) is 0 Å². The Morgan fingerprint density at radius 2 is 2.08 bits per heavy atom. The van der Waals surface area contributed by atoms with Gasteiger partial charge in [-0.15, -0.1) is 0 Å². The van der Waals surface area contributed by atoms with Gasteiger partial charge in [0.2, 0.25) is 0 Å². The Kier molecular flexibility index (Phi) is 5.46. The topological polar surface area (TPSA) is 79.9 Å². The Morgan fingerprint density at radius 3 is 2.88 bits per heavy atom. The predicted octanol–water partition coefficient (Wildman–Crippen LogP) is 3.30. The van der Waals surface area contributed by atoms with E-state index < -0.39 is 6.10 Å². The number of aliphatic imine (C=N–C) groups is 1. The van der Waals surface area contributed by atoms with Crippen LogP contribution < -0.4 is 15.8 Å². The fourth-order valence-electron chi connectivity index (χ4n) is 3.09. The molecule has 2 aromatic rings. The van der Waals surface area contributed by atoms with Crippen molar-refractivity contribution in [3.63, 3.8) is 0 Å². The zero-order chi connectivity index (χ0) is 17.8. The Morgan fingerprint density at radius 1 is 1.28 bits per heavy atom. The van der Waals surface area contributed by atoms with E-state index >= 15 is 0 Å². The van der Waals surface area contributed by atoms with Crippen LogP contribution in [-0.2, 0) is 12.8 Å². The van der Waals surface area contributed by atoms with Crippen LogP contribution >= 0.6 is 11.6 Å². The highest BCUT2D eigenvalue weighted by atomic mass is 35.5. The van der Waals surface area contributed by atoms with Gasteiger partial charge in [0.25, 0.3) is 0 Å². The number of benzene rings is 2. The van der Waals surface area contributed by atoms with Crippen molar-refractivity contribution in [2.24, 2.45) is 10.7 Å². The van der Waals surface area contributed by atoms with Crippen molar-refractivity contribution in [2.45, 2.75) is 25.4 Å². The molecule has 0 bridgehead atoms. The van der Waals surface area contributed by atoms with Crippen LogP contribution in [0.4, 0.5) is 5.69 Å². The molecule has 2 aromatic carbocycles. The minimum absolute atomic E-state index is 0.112. The maximum absolute atomic E-state index is 10.4. The van der Waals surface area contributed by atoms with Gasteiger partial charge in [-0.2, -0.15) is 0 Å². The summed E-state index contributed by atoms with van der Waals surface area (Å²) in [5.41, 5.74) is 10.2. The molecule has 4 N–H and O–H groups in total.